The first-order chi connectivity index (χ1) is 10.8. The Labute approximate surface area is 131 Å². The van der Waals surface area contributed by atoms with Gasteiger partial charge < -0.3 is 5.11 Å². The molecule has 7 heteroatoms. The molecule has 0 amide bonds. The van der Waals surface area contributed by atoms with Crippen LogP contribution in [-0.2, 0) is 5.75 Å². The van der Waals surface area contributed by atoms with Crippen molar-refractivity contribution in [1.82, 2.24) is 20.2 Å². The summed E-state index contributed by atoms with van der Waals surface area (Å²) in [4.78, 5) is 0. The van der Waals surface area contributed by atoms with Crippen molar-refractivity contribution in [3.8, 4) is 17.5 Å². The lowest BCUT2D eigenvalue weighted by Gasteiger charge is -2.04. The van der Waals surface area contributed by atoms with Gasteiger partial charge in [0.2, 0.25) is 5.16 Å². The van der Waals surface area contributed by atoms with Crippen molar-refractivity contribution in [2.75, 3.05) is 0 Å². The summed E-state index contributed by atoms with van der Waals surface area (Å²) < 4.78 is 1.62. The van der Waals surface area contributed by atoms with E-state index in [1.807, 2.05) is 12.1 Å². The summed E-state index contributed by atoms with van der Waals surface area (Å²) in [6, 6.07) is 16.2. The largest absolute Gasteiger partial charge is 0.508 e. The van der Waals surface area contributed by atoms with Crippen LogP contribution >= 0.6 is 11.8 Å². The number of aromatic hydroxyl groups is 1. The maximum atomic E-state index is 9.33. The molecule has 0 saturated carbocycles. The molecule has 1 heterocycles. The van der Waals surface area contributed by atoms with E-state index in [0.717, 1.165) is 11.3 Å². The molecule has 22 heavy (non-hydrogen) atoms. The van der Waals surface area contributed by atoms with Gasteiger partial charge in [0.15, 0.2) is 0 Å². The van der Waals surface area contributed by atoms with Crippen LogP contribution in [0.5, 0.6) is 5.75 Å². The van der Waals surface area contributed by atoms with Gasteiger partial charge in [0, 0.05) is 5.75 Å². The first-order valence-electron chi connectivity index (χ1n) is 6.46. The summed E-state index contributed by atoms with van der Waals surface area (Å²) in [5.41, 5.74) is 2.51. The average molecular weight is 309 g/mol. The summed E-state index contributed by atoms with van der Waals surface area (Å²) in [6.07, 6.45) is 0. The van der Waals surface area contributed by atoms with Crippen LogP contribution in [0, 0.1) is 11.3 Å². The highest BCUT2D eigenvalue weighted by Gasteiger charge is 2.09. The lowest BCUT2D eigenvalue weighted by Crippen LogP contribution is -1.98. The van der Waals surface area contributed by atoms with Gasteiger partial charge in [-0.15, -0.1) is 5.10 Å². The molecule has 0 saturated heterocycles. The predicted octanol–water partition coefficient (Wildman–Crippen LogP) is 2.53. The standard InChI is InChI=1S/C15H11N5OS/c16-9-11-1-3-12(4-2-11)10-22-15-17-18-19-20(15)13-5-7-14(21)8-6-13/h1-8,21H,10H2. The molecule has 0 bridgehead atoms. The van der Waals surface area contributed by atoms with Crippen LogP contribution < -0.4 is 0 Å². The molecule has 3 rings (SSSR count). The number of tetrazole rings is 1. The maximum absolute atomic E-state index is 9.33. The number of rotatable bonds is 4. The van der Waals surface area contributed by atoms with Gasteiger partial charge in [-0.2, -0.15) is 9.94 Å². The zero-order valence-electron chi connectivity index (χ0n) is 11.4. The van der Waals surface area contributed by atoms with Crippen LogP contribution in [0.15, 0.2) is 53.7 Å². The lowest BCUT2D eigenvalue weighted by molar-refractivity contribution is 0.475. The van der Waals surface area contributed by atoms with Crippen LogP contribution in [0.2, 0.25) is 0 Å². The zero-order chi connectivity index (χ0) is 15.4. The summed E-state index contributed by atoms with van der Waals surface area (Å²) in [7, 11) is 0. The number of hydrogen-bond acceptors (Lipinski definition) is 6. The monoisotopic (exact) mass is 309 g/mol. The molecular weight excluding hydrogens is 298 g/mol. The number of thioether (sulfide) groups is 1. The number of benzene rings is 2. The fraction of sp³-hybridized carbons (Fsp3) is 0.0667. The minimum Gasteiger partial charge on any atom is -0.508 e. The Morgan fingerprint density at radius 3 is 2.50 bits per heavy atom. The third-order valence-electron chi connectivity index (χ3n) is 2.99. The van der Waals surface area contributed by atoms with Crippen LogP contribution in [0.1, 0.15) is 11.1 Å². The molecular formula is C15H11N5OS. The highest BCUT2D eigenvalue weighted by Crippen LogP contribution is 2.23. The van der Waals surface area contributed by atoms with Crippen LogP contribution in [0.3, 0.4) is 0 Å². The molecule has 1 aromatic heterocycles. The van der Waals surface area contributed by atoms with Crippen molar-refractivity contribution in [3.05, 3.63) is 59.7 Å². The zero-order valence-corrected chi connectivity index (χ0v) is 12.2. The van der Waals surface area contributed by atoms with Crippen molar-refractivity contribution >= 4 is 11.8 Å². The number of phenols is 1. The van der Waals surface area contributed by atoms with Gasteiger partial charge in [-0.25, -0.2) is 0 Å². The number of aromatic nitrogens is 4. The van der Waals surface area contributed by atoms with E-state index in [9.17, 15) is 5.11 Å². The molecule has 0 unspecified atom stereocenters. The Balaban J connectivity index is 1.75. The minimum absolute atomic E-state index is 0.198. The van der Waals surface area contributed by atoms with E-state index in [1.165, 1.54) is 11.8 Å². The first-order valence-corrected chi connectivity index (χ1v) is 7.44. The van der Waals surface area contributed by atoms with Gasteiger partial charge in [0.25, 0.3) is 0 Å². The normalized spacial score (nSPS) is 10.3. The quantitative estimate of drug-likeness (QED) is 0.745. The van der Waals surface area contributed by atoms with Gasteiger partial charge in [0.05, 0.1) is 17.3 Å². The maximum Gasteiger partial charge on any atom is 0.214 e. The summed E-state index contributed by atoms with van der Waals surface area (Å²) >= 11 is 1.50. The SMILES string of the molecule is N#Cc1ccc(CSc2nnnn2-c2ccc(O)cc2)cc1. The van der Waals surface area contributed by atoms with E-state index >= 15 is 0 Å². The second kappa shape index (κ2) is 6.28. The number of nitrogens with zero attached hydrogens (tertiary/aromatic N) is 5. The van der Waals surface area contributed by atoms with E-state index in [4.69, 9.17) is 5.26 Å². The third-order valence-corrected chi connectivity index (χ3v) is 3.98. The van der Waals surface area contributed by atoms with Crippen molar-refractivity contribution < 1.29 is 5.11 Å². The average Bonchev–Trinajstić information content (AvgIpc) is 3.02. The highest BCUT2D eigenvalue weighted by molar-refractivity contribution is 7.98. The van der Waals surface area contributed by atoms with Gasteiger partial charge in [0.1, 0.15) is 5.75 Å². The molecule has 0 aliphatic heterocycles. The highest BCUT2D eigenvalue weighted by atomic mass is 32.2. The van der Waals surface area contributed by atoms with Gasteiger partial charge in [-0.05, 0) is 52.4 Å². The molecule has 0 radical (unpaired) electrons. The molecule has 0 fully saturated rings. The second-order valence-corrected chi connectivity index (χ2v) is 5.43. The third kappa shape index (κ3) is 3.07. The molecule has 0 atom stereocenters. The molecule has 3 aromatic rings. The Morgan fingerprint density at radius 2 is 1.82 bits per heavy atom. The van der Waals surface area contributed by atoms with Crippen LogP contribution in [0.4, 0.5) is 0 Å². The fourth-order valence-electron chi connectivity index (χ4n) is 1.85. The van der Waals surface area contributed by atoms with E-state index in [-0.39, 0.29) is 5.75 Å². The topological polar surface area (TPSA) is 87.6 Å². The summed E-state index contributed by atoms with van der Waals surface area (Å²) in [6.45, 7) is 0. The predicted molar refractivity (Wildman–Crippen MR) is 81.5 cm³/mol. The number of hydrogen-bond donors (Lipinski definition) is 1. The fourth-order valence-corrected chi connectivity index (χ4v) is 2.69. The van der Waals surface area contributed by atoms with Gasteiger partial charge >= 0.3 is 0 Å². The van der Waals surface area contributed by atoms with Crippen molar-refractivity contribution in [2.24, 2.45) is 0 Å². The second-order valence-electron chi connectivity index (χ2n) is 4.49. The number of phenolic OH excluding ortho intramolecular Hbond substituents is 1. The molecule has 6 nitrogen and oxygen atoms in total. The Morgan fingerprint density at radius 1 is 1.09 bits per heavy atom. The van der Waals surface area contributed by atoms with E-state index in [1.54, 1.807) is 41.1 Å². The minimum atomic E-state index is 0.198. The van der Waals surface area contributed by atoms with Crippen LogP contribution in [-0.4, -0.2) is 25.3 Å². The van der Waals surface area contributed by atoms with Crippen molar-refractivity contribution in [3.63, 3.8) is 0 Å². The van der Waals surface area contributed by atoms with Crippen molar-refractivity contribution in [2.45, 2.75) is 10.9 Å². The number of nitriles is 1. The molecule has 0 aliphatic rings. The molecule has 108 valence electrons. The Kier molecular flexibility index (Phi) is 4.03. The van der Waals surface area contributed by atoms with Crippen molar-refractivity contribution in [1.29, 1.82) is 5.26 Å². The summed E-state index contributed by atoms with van der Waals surface area (Å²) in [5.74, 6) is 0.896. The van der Waals surface area contributed by atoms with Crippen LogP contribution in [0.25, 0.3) is 5.69 Å². The Bertz CT molecular complexity index is 805. The van der Waals surface area contributed by atoms with Gasteiger partial charge in [-0.3, -0.25) is 0 Å². The van der Waals surface area contributed by atoms with E-state index in [0.29, 0.717) is 16.5 Å². The molecule has 1 N–H and O–H groups in total. The van der Waals surface area contributed by atoms with E-state index in [2.05, 4.69) is 21.6 Å². The van der Waals surface area contributed by atoms with Gasteiger partial charge in [-0.1, -0.05) is 23.9 Å². The van der Waals surface area contributed by atoms with E-state index < -0.39 is 0 Å². The lowest BCUT2D eigenvalue weighted by atomic mass is 10.2. The molecule has 2 aromatic carbocycles. The Hall–Kier alpha value is -2.85. The summed E-state index contributed by atoms with van der Waals surface area (Å²) in [5, 5.41) is 30.5. The molecule has 0 aliphatic carbocycles. The molecule has 0 spiro atoms. The smallest absolute Gasteiger partial charge is 0.214 e. The first kappa shape index (κ1) is 14.1.